The second kappa shape index (κ2) is 8.55. The molecule has 4 aromatic rings. The van der Waals surface area contributed by atoms with E-state index >= 15 is 0 Å². The van der Waals surface area contributed by atoms with Crippen molar-refractivity contribution in [3.05, 3.63) is 65.6 Å². The quantitative estimate of drug-likeness (QED) is 0.312. The van der Waals surface area contributed by atoms with Crippen molar-refractivity contribution in [1.82, 2.24) is 15.6 Å². The van der Waals surface area contributed by atoms with Crippen LogP contribution in [0.4, 0.5) is 4.39 Å². The van der Waals surface area contributed by atoms with Gasteiger partial charge in [-0.1, -0.05) is 0 Å². The number of carbonyl (C=O) groups excluding carboxylic acids is 2. The Balaban J connectivity index is 1.35. The normalized spacial score (nSPS) is 23.4. The minimum atomic E-state index is -0.389. The number of carbonyl (C=O) groups is 2. The number of hydrogen-bond donors (Lipinski definition) is 2. The molecule has 2 N–H and O–H groups in total. The van der Waals surface area contributed by atoms with Crippen molar-refractivity contribution >= 4 is 22.8 Å². The van der Waals surface area contributed by atoms with Gasteiger partial charge >= 0.3 is 0 Å². The van der Waals surface area contributed by atoms with Crippen molar-refractivity contribution in [3.8, 4) is 34.1 Å². The van der Waals surface area contributed by atoms with Crippen LogP contribution in [-0.4, -0.2) is 43.1 Å². The molecule has 3 aliphatic rings. The predicted octanol–water partition coefficient (Wildman–Crippen LogP) is 5.35. The first-order chi connectivity index (χ1) is 19.3. The molecule has 204 valence electrons. The van der Waals surface area contributed by atoms with E-state index in [1.165, 1.54) is 25.7 Å². The molecule has 9 heteroatoms. The van der Waals surface area contributed by atoms with Gasteiger partial charge in [-0.2, -0.15) is 0 Å². The minimum Gasteiger partial charge on any atom is -0.493 e. The van der Waals surface area contributed by atoms with Crippen LogP contribution in [0.1, 0.15) is 46.9 Å². The topological polar surface area (TPSA) is 103 Å². The zero-order valence-corrected chi connectivity index (χ0v) is 22.4. The van der Waals surface area contributed by atoms with Gasteiger partial charge in [-0.3, -0.25) is 9.59 Å². The zero-order valence-electron chi connectivity index (χ0n) is 22.4. The number of methoxy groups -OCH3 is 1. The minimum absolute atomic E-state index is 0.0683. The maximum absolute atomic E-state index is 13.6. The summed E-state index contributed by atoms with van der Waals surface area (Å²) in [5, 5.41) is 6.48. The molecule has 3 atom stereocenters. The van der Waals surface area contributed by atoms with E-state index in [0.29, 0.717) is 62.3 Å². The number of fused-ring (bicyclic) bond motifs is 1. The Kier molecular flexibility index (Phi) is 5.26. The summed E-state index contributed by atoms with van der Waals surface area (Å²) in [4.78, 5) is 31.0. The molecular weight excluding hydrogens is 513 g/mol. The summed E-state index contributed by atoms with van der Waals surface area (Å²) in [7, 11) is 3.03. The number of amides is 2. The molecule has 7 rings (SSSR count). The largest absolute Gasteiger partial charge is 0.493 e. The van der Waals surface area contributed by atoms with Gasteiger partial charge in [-0.25, -0.2) is 9.37 Å². The molecule has 0 saturated heterocycles. The van der Waals surface area contributed by atoms with Crippen molar-refractivity contribution in [2.75, 3.05) is 20.8 Å². The molecule has 40 heavy (non-hydrogen) atoms. The van der Waals surface area contributed by atoms with E-state index in [4.69, 9.17) is 13.9 Å². The van der Waals surface area contributed by atoms with Gasteiger partial charge in [0.25, 0.3) is 11.8 Å². The number of furan rings is 1. The molecule has 2 aromatic carbocycles. The summed E-state index contributed by atoms with van der Waals surface area (Å²) < 4.78 is 31.2. The molecule has 1 spiro atoms. The zero-order chi connectivity index (χ0) is 27.8. The van der Waals surface area contributed by atoms with Crippen LogP contribution in [-0.2, 0) is 0 Å². The lowest BCUT2D eigenvalue weighted by Crippen LogP contribution is -2.43. The highest BCUT2D eigenvalue weighted by Crippen LogP contribution is 2.89. The molecule has 2 aromatic heterocycles. The van der Waals surface area contributed by atoms with Gasteiger partial charge in [0.1, 0.15) is 28.5 Å². The molecule has 0 radical (unpaired) electrons. The highest BCUT2D eigenvalue weighted by atomic mass is 19.1. The second-order valence-corrected chi connectivity index (χ2v) is 10.9. The van der Waals surface area contributed by atoms with Crippen LogP contribution < -0.4 is 20.1 Å². The van der Waals surface area contributed by atoms with E-state index in [0.717, 1.165) is 18.8 Å². The summed E-state index contributed by atoms with van der Waals surface area (Å²) >= 11 is 0. The first kappa shape index (κ1) is 24.6. The van der Waals surface area contributed by atoms with Crippen LogP contribution >= 0.6 is 0 Å². The number of nitrogens with one attached hydrogen (secondary N) is 2. The van der Waals surface area contributed by atoms with Gasteiger partial charge in [0.15, 0.2) is 0 Å². The molecule has 0 aliphatic heterocycles. The van der Waals surface area contributed by atoms with E-state index in [9.17, 15) is 14.0 Å². The number of ether oxygens (including phenoxy) is 2. The number of benzene rings is 2. The van der Waals surface area contributed by atoms with Gasteiger partial charge < -0.3 is 24.5 Å². The van der Waals surface area contributed by atoms with E-state index in [2.05, 4.69) is 15.6 Å². The van der Waals surface area contributed by atoms with Gasteiger partial charge in [0.2, 0.25) is 5.88 Å². The van der Waals surface area contributed by atoms with Crippen molar-refractivity contribution in [2.45, 2.75) is 31.7 Å². The van der Waals surface area contributed by atoms with Crippen molar-refractivity contribution in [2.24, 2.45) is 11.3 Å². The Morgan fingerprint density at radius 1 is 1.12 bits per heavy atom. The second-order valence-electron chi connectivity index (χ2n) is 10.9. The van der Waals surface area contributed by atoms with Crippen LogP contribution in [0.3, 0.4) is 0 Å². The van der Waals surface area contributed by atoms with Gasteiger partial charge in [0, 0.05) is 46.9 Å². The molecule has 2 heterocycles. The lowest BCUT2D eigenvalue weighted by atomic mass is 9.92. The monoisotopic (exact) mass is 541 g/mol. The first-order valence-electron chi connectivity index (χ1n) is 13.4. The molecule has 2 amide bonds. The lowest BCUT2D eigenvalue weighted by Gasteiger charge is -2.26. The Bertz CT molecular complexity index is 1710. The van der Waals surface area contributed by atoms with E-state index < -0.39 is 0 Å². The average Bonchev–Trinajstić information content (AvgIpc) is 3.63. The smallest absolute Gasteiger partial charge is 0.257 e. The van der Waals surface area contributed by atoms with Crippen LogP contribution in [0.5, 0.6) is 11.6 Å². The Labute approximate surface area is 229 Å². The number of halogens is 1. The third-order valence-electron chi connectivity index (χ3n) is 8.88. The molecular formula is C31H28FN3O5. The highest BCUT2D eigenvalue weighted by molar-refractivity contribution is 6.12. The molecule has 3 aliphatic carbocycles. The van der Waals surface area contributed by atoms with Gasteiger partial charge in [0.05, 0.1) is 19.3 Å². The van der Waals surface area contributed by atoms with Crippen molar-refractivity contribution in [1.29, 1.82) is 0 Å². The van der Waals surface area contributed by atoms with Crippen LogP contribution in [0.25, 0.3) is 33.4 Å². The number of nitrogens with zero attached hydrogens (tertiary/aromatic N) is 1. The summed E-state index contributed by atoms with van der Waals surface area (Å²) in [6.07, 6.45) is 4.92. The predicted molar refractivity (Wildman–Crippen MR) is 146 cm³/mol. The van der Waals surface area contributed by atoms with Crippen LogP contribution in [0, 0.1) is 17.2 Å². The van der Waals surface area contributed by atoms with Gasteiger partial charge in [-0.15, -0.1) is 0 Å². The molecule has 3 unspecified atom stereocenters. The van der Waals surface area contributed by atoms with E-state index in [-0.39, 0.29) is 29.1 Å². The summed E-state index contributed by atoms with van der Waals surface area (Å²) in [5.74, 6) is 0.891. The number of hydrogen-bond acceptors (Lipinski definition) is 6. The van der Waals surface area contributed by atoms with Crippen molar-refractivity contribution < 1.29 is 27.9 Å². The molecule has 3 fully saturated rings. The molecule has 3 saturated carbocycles. The summed E-state index contributed by atoms with van der Waals surface area (Å²) in [5.41, 5.74) is 3.20. The Hall–Kier alpha value is -4.40. The van der Waals surface area contributed by atoms with Crippen LogP contribution in [0.15, 0.2) is 53.1 Å². The van der Waals surface area contributed by atoms with Crippen molar-refractivity contribution in [3.63, 3.8) is 0 Å². The van der Waals surface area contributed by atoms with E-state index in [1.807, 2.05) is 13.0 Å². The average molecular weight is 542 g/mol. The Morgan fingerprint density at radius 3 is 2.55 bits per heavy atom. The fourth-order valence-electron chi connectivity index (χ4n) is 6.72. The highest BCUT2D eigenvalue weighted by Gasteiger charge is 2.89. The maximum Gasteiger partial charge on any atom is 0.257 e. The Morgan fingerprint density at radius 2 is 1.93 bits per heavy atom. The first-order valence-corrected chi connectivity index (χ1v) is 13.4. The number of pyridine rings is 1. The third-order valence-corrected chi connectivity index (χ3v) is 8.88. The SMILES string of the molecule is CCOc1cc2oc(-c3ccc(F)cc3)c(C(=O)NC)c2cc1-c1cnc(OC)c(C(=O)NC23CC4CC42C3)c1. The third kappa shape index (κ3) is 3.46. The lowest BCUT2D eigenvalue weighted by molar-refractivity contribution is 0.0900. The van der Waals surface area contributed by atoms with Gasteiger partial charge in [-0.05, 0) is 73.9 Å². The fourth-order valence-corrected chi connectivity index (χ4v) is 6.72. The fraction of sp³-hybridized carbons (Fsp3) is 0.323. The van der Waals surface area contributed by atoms with Crippen LogP contribution in [0.2, 0.25) is 0 Å². The maximum atomic E-state index is 13.6. The summed E-state index contributed by atoms with van der Waals surface area (Å²) in [6.45, 7) is 2.25. The number of aromatic nitrogens is 1. The molecule has 0 bridgehead atoms. The standard InChI is InChI=1S/C31H28FN3O5/c1-4-39-23-11-24-21(25(28(37)33-2)26(40-24)16-5-7-19(32)8-6-16)10-20(23)17-9-22(29(38-3)34-14-17)27(36)35-31-13-18-12-30(18,31)15-31/h5-11,14,18H,4,12-13,15H2,1-3H3,(H,33,37)(H,35,36). The number of rotatable bonds is 8. The summed E-state index contributed by atoms with van der Waals surface area (Å²) in [6, 6.07) is 11.1. The molecule has 8 nitrogen and oxygen atoms in total. The van der Waals surface area contributed by atoms with E-state index in [1.54, 1.807) is 37.5 Å².